The number of hydrogen-bond acceptors (Lipinski definition) is 9. The van der Waals surface area contributed by atoms with Crippen LogP contribution in [0.25, 0.3) is 5.76 Å². The topological polar surface area (TPSA) is 115 Å². The van der Waals surface area contributed by atoms with Crippen molar-refractivity contribution >= 4 is 39.9 Å². The zero-order chi connectivity index (χ0) is 32.1. The van der Waals surface area contributed by atoms with Crippen molar-refractivity contribution in [1.82, 2.24) is 4.98 Å². The molecule has 10 heteroatoms. The fourth-order valence-corrected chi connectivity index (χ4v) is 6.04. The molecule has 1 aliphatic heterocycles. The molecule has 1 saturated heterocycles. The molecule has 1 amide bonds. The largest absolute Gasteiger partial charge is 0.507 e. The fraction of sp³-hybridized carbons (Fsp3) is 0.257. The molecule has 0 spiro atoms. The van der Waals surface area contributed by atoms with Gasteiger partial charge in [0, 0.05) is 5.56 Å². The van der Waals surface area contributed by atoms with E-state index in [0.717, 1.165) is 35.3 Å². The summed E-state index contributed by atoms with van der Waals surface area (Å²) in [4.78, 5) is 45.4. The number of aliphatic hydroxyl groups excluding tert-OH is 1. The van der Waals surface area contributed by atoms with Gasteiger partial charge in [-0.3, -0.25) is 14.5 Å². The summed E-state index contributed by atoms with van der Waals surface area (Å²) in [6.07, 6.45) is 1.90. The molecule has 0 bridgehead atoms. The van der Waals surface area contributed by atoms with Crippen LogP contribution in [0, 0.1) is 13.8 Å². The maximum atomic E-state index is 13.6. The monoisotopic (exact) mass is 626 g/mol. The third kappa shape index (κ3) is 6.76. The van der Waals surface area contributed by atoms with Gasteiger partial charge in [0.2, 0.25) is 0 Å². The number of methoxy groups -OCH3 is 1. The number of Topliss-reactive ketones (excluding diaryl/α,β-unsaturated/α-hetero) is 1. The standard InChI is InChI=1S/C35H34N2O7S/c1-5-6-18-43-26-14-10-24(11-15-26)29-28(31(39)33(40)37(29)35-36-22(3)32(45-35)34(41)42-4)30(38)25-12-16-27(17-13-25)44-20-23-9-7-8-21(2)19-23/h7-17,19,29,38H,5-6,18,20H2,1-4H3/b30-28+. The molecular formula is C35H34N2O7S. The van der Waals surface area contributed by atoms with Crippen molar-refractivity contribution in [1.29, 1.82) is 0 Å². The van der Waals surface area contributed by atoms with Crippen LogP contribution < -0.4 is 14.4 Å². The lowest BCUT2D eigenvalue weighted by molar-refractivity contribution is -0.132. The van der Waals surface area contributed by atoms with Crippen molar-refractivity contribution in [3.8, 4) is 11.5 Å². The van der Waals surface area contributed by atoms with Crippen molar-refractivity contribution in [3.05, 3.63) is 111 Å². The molecular weight excluding hydrogens is 592 g/mol. The summed E-state index contributed by atoms with van der Waals surface area (Å²) in [6, 6.07) is 20.7. The summed E-state index contributed by atoms with van der Waals surface area (Å²) in [5.41, 5.74) is 3.33. The van der Waals surface area contributed by atoms with E-state index in [1.807, 2.05) is 31.2 Å². The second kappa shape index (κ2) is 13.8. The van der Waals surface area contributed by atoms with Crippen molar-refractivity contribution in [2.45, 2.75) is 46.3 Å². The van der Waals surface area contributed by atoms with E-state index in [4.69, 9.17) is 14.2 Å². The number of benzene rings is 3. The Hall–Kier alpha value is -4.96. The summed E-state index contributed by atoms with van der Waals surface area (Å²) in [7, 11) is 1.26. The average molecular weight is 627 g/mol. The van der Waals surface area contributed by atoms with Crippen LogP contribution in [-0.2, 0) is 20.9 Å². The minimum atomic E-state index is -1.01. The van der Waals surface area contributed by atoms with Gasteiger partial charge in [0.25, 0.3) is 5.78 Å². The quantitative estimate of drug-likeness (QED) is 0.0627. The van der Waals surface area contributed by atoms with Crippen molar-refractivity contribution in [2.75, 3.05) is 18.6 Å². The van der Waals surface area contributed by atoms with Crippen LogP contribution in [0.15, 0.2) is 78.4 Å². The van der Waals surface area contributed by atoms with Crippen LogP contribution in [0.4, 0.5) is 5.13 Å². The number of anilines is 1. The number of rotatable bonds is 11. The zero-order valence-corrected chi connectivity index (χ0v) is 26.3. The van der Waals surface area contributed by atoms with Crippen molar-refractivity contribution < 1.29 is 33.7 Å². The molecule has 1 unspecified atom stereocenters. The molecule has 3 aromatic carbocycles. The van der Waals surface area contributed by atoms with Crippen molar-refractivity contribution in [3.63, 3.8) is 0 Å². The van der Waals surface area contributed by atoms with E-state index in [1.54, 1.807) is 55.5 Å². The molecule has 232 valence electrons. The first-order valence-electron chi connectivity index (χ1n) is 14.6. The summed E-state index contributed by atoms with van der Waals surface area (Å²) in [5, 5.41) is 11.7. The third-order valence-corrected chi connectivity index (χ3v) is 8.52. The molecule has 2 heterocycles. The molecule has 9 nitrogen and oxygen atoms in total. The summed E-state index contributed by atoms with van der Waals surface area (Å²) in [5.74, 6) is -1.44. The van der Waals surface area contributed by atoms with E-state index in [-0.39, 0.29) is 21.3 Å². The van der Waals surface area contributed by atoms with Gasteiger partial charge in [-0.2, -0.15) is 0 Å². The van der Waals surface area contributed by atoms with Crippen LogP contribution in [0.2, 0.25) is 0 Å². The number of aliphatic hydroxyl groups is 1. The van der Waals surface area contributed by atoms with Crippen LogP contribution in [0.3, 0.4) is 0 Å². The van der Waals surface area contributed by atoms with Crippen LogP contribution in [-0.4, -0.2) is 41.5 Å². The molecule has 5 rings (SSSR count). The number of unbranched alkanes of at least 4 members (excludes halogenated alkanes) is 1. The van der Waals surface area contributed by atoms with Gasteiger partial charge in [-0.15, -0.1) is 0 Å². The van der Waals surface area contributed by atoms with Gasteiger partial charge in [0.05, 0.1) is 31.0 Å². The number of nitrogens with zero attached hydrogens (tertiary/aromatic N) is 2. The molecule has 0 saturated carbocycles. The lowest BCUT2D eigenvalue weighted by Gasteiger charge is -2.23. The lowest BCUT2D eigenvalue weighted by atomic mass is 9.95. The van der Waals surface area contributed by atoms with E-state index in [2.05, 4.69) is 11.9 Å². The molecule has 1 atom stereocenters. The molecule has 0 aliphatic carbocycles. The van der Waals surface area contributed by atoms with Gasteiger partial charge >= 0.3 is 11.9 Å². The number of hydrogen-bond donors (Lipinski definition) is 1. The number of ketones is 1. The highest BCUT2D eigenvalue weighted by Gasteiger charge is 2.48. The lowest BCUT2D eigenvalue weighted by Crippen LogP contribution is -2.29. The number of esters is 1. The molecule has 1 N–H and O–H groups in total. The van der Waals surface area contributed by atoms with E-state index in [0.29, 0.717) is 41.5 Å². The van der Waals surface area contributed by atoms with Gasteiger partial charge in [-0.1, -0.05) is 66.6 Å². The highest BCUT2D eigenvalue weighted by molar-refractivity contribution is 7.17. The van der Waals surface area contributed by atoms with Crippen LogP contribution in [0.5, 0.6) is 11.5 Å². The van der Waals surface area contributed by atoms with Crippen molar-refractivity contribution in [2.24, 2.45) is 0 Å². The minimum Gasteiger partial charge on any atom is -0.507 e. The minimum absolute atomic E-state index is 0.0967. The molecule has 45 heavy (non-hydrogen) atoms. The second-order valence-electron chi connectivity index (χ2n) is 10.6. The number of ether oxygens (including phenoxy) is 3. The van der Waals surface area contributed by atoms with Gasteiger partial charge in [0.15, 0.2) is 5.13 Å². The van der Waals surface area contributed by atoms with Crippen LogP contribution in [0.1, 0.15) is 63.4 Å². The highest BCUT2D eigenvalue weighted by Crippen LogP contribution is 2.44. The Morgan fingerprint density at radius 1 is 0.978 bits per heavy atom. The fourth-order valence-electron chi connectivity index (χ4n) is 5.03. The molecule has 1 fully saturated rings. The molecule has 0 radical (unpaired) electrons. The van der Waals surface area contributed by atoms with E-state index < -0.39 is 23.7 Å². The summed E-state index contributed by atoms with van der Waals surface area (Å²) in [6.45, 7) is 6.66. The highest BCUT2D eigenvalue weighted by atomic mass is 32.1. The van der Waals surface area contributed by atoms with Gasteiger partial charge in [0.1, 0.15) is 28.7 Å². The second-order valence-corrected chi connectivity index (χ2v) is 11.6. The first-order chi connectivity index (χ1) is 21.7. The van der Waals surface area contributed by atoms with E-state index in [1.165, 1.54) is 12.0 Å². The summed E-state index contributed by atoms with van der Waals surface area (Å²) < 4.78 is 16.6. The zero-order valence-electron chi connectivity index (χ0n) is 25.5. The maximum absolute atomic E-state index is 13.6. The van der Waals surface area contributed by atoms with Gasteiger partial charge in [-0.05, 0) is 67.8 Å². The predicted octanol–water partition coefficient (Wildman–Crippen LogP) is 6.93. The normalized spacial score (nSPS) is 15.7. The molecule has 1 aromatic heterocycles. The summed E-state index contributed by atoms with van der Waals surface area (Å²) >= 11 is 0.948. The first-order valence-corrected chi connectivity index (χ1v) is 15.4. The molecule has 4 aromatic rings. The Balaban J connectivity index is 1.51. The van der Waals surface area contributed by atoms with Gasteiger partial charge in [-0.25, -0.2) is 9.78 Å². The van der Waals surface area contributed by atoms with Gasteiger partial charge < -0.3 is 19.3 Å². The Kier molecular flexibility index (Phi) is 9.63. The number of thiazole rings is 1. The Labute approximate surface area is 265 Å². The number of aryl methyl sites for hydroxylation is 2. The predicted molar refractivity (Wildman–Crippen MR) is 172 cm³/mol. The number of carbonyl (C=O) groups is 3. The van der Waals surface area contributed by atoms with Crippen LogP contribution >= 0.6 is 11.3 Å². The number of amides is 1. The first kappa shape index (κ1) is 31.5. The number of aromatic nitrogens is 1. The smallest absolute Gasteiger partial charge is 0.350 e. The maximum Gasteiger partial charge on any atom is 0.350 e. The Morgan fingerprint density at radius 3 is 2.33 bits per heavy atom. The Bertz CT molecular complexity index is 1740. The Morgan fingerprint density at radius 2 is 1.67 bits per heavy atom. The number of carbonyl (C=O) groups excluding carboxylic acids is 3. The molecule has 1 aliphatic rings. The van der Waals surface area contributed by atoms with E-state index in [9.17, 15) is 19.5 Å². The van der Waals surface area contributed by atoms with E-state index >= 15 is 0 Å². The third-order valence-electron chi connectivity index (χ3n) is 7.38. The average Bonchev–Trinajstić information content (AvgIpc) is 3.56. The SMILES string of the molecule is CCCCOc1ccc(C2/C(=C(\O)c3ccc(OCc4cccc(C)c4)cc3)C(=O)C(=O)N2c2nc(C)c(C(=O)OC)s2)cc1.